The van der Waals surface area contributed by atoms with Gasteiger partial charge in [-0.2, -0.15) is 47.0 Å². The second-order valence-electron chi connectivity index (χ2n) is 6.59. The van der Waals surface area contributed by atoms with E-state index in [1.807, 2.05) is 4.83 Å². The Balaban J connectivity index is 2.17. The predicted octanol–water partition coefficient (Wildman–Crippen LogP) is 5.25. The first-order valence-electron chi connectivity index (χ1n) is 8.64. The number of alkyl halides is 3. The summed E-state index contributed by atoms with van der Waals surface area (Å²) in [6, 6.07) is 8.78. The Kier molecular flexibility index (Phi) is 6.33. The van der Waals surface area contributed by atoms with Crippen LogP contribution in [-0.2, 0) is 16.2 Å². The molecule has 0 radical (unpaired) electrons. The number of hydrogen-bond acceptors (Lipinski definition) is 6. The summed E-state index contributed by atoms with van der Waals surface area (Å²) in [6.45, 7) is 1.77. The summed E-state index contributed by atoms with van der Waals surface area (Å²) in [6.07, 6.45) is -2.41. The van der Waals surface area contributed by atoms with Gasteiger partial charge in [-0.05, 0) is 37.3 Å². The van der Waals surface area contributed by atoms with Gasteiger partial charge in [-0.25, -0.2) is 0 Å². The maximum absolute atomic E-state index is 13.1. The smallest absolute Gasteiger partial charge is 0.200 e. The minimum atomic E-state index is -4.74. The molecule has 1 atom stereocenters. The van der Waals surface area contributed by atoms with Gasteiger partial charge in [-0.3, -0.25) is 0 Å². The van der Waals surface area contributed by atoms with Crippen LogP contribution in [0.15, 0.2) is 68.9 Å². The van der Waals surface area contributed by atoms with Crippen LogP contribution in [0.25, 0.3) is 0 Å². The first kappa shape index (κ1) is 23.7. The molecule has 32 heavy (non-hydrogen) atoms. The Morgan fingerprint density at radius 1 is 1.19 bits per heavy atom. The highest BCUT2D eigenvalue weighted by molar-refractivity contribution is 7.89. The van der Waals surface area contributed by atoms with Crippen LogP contribution in [0.2, 0.25) is 10.0 Å². The Labute approximate surface area is 190 Å². The Bertz CT molecular complexity index is 1260. The molecule has 0 aromatic heterocycles. The number of nitrogens with one attached hydrogen (secondary N) is 1. The SMILES string of the molecule is Cc1ccc(S(=O)(=O)NN=C(c2c(Cl)cc(C(F)(F)F)cc2Cl)C2(C#N)C=CN=N2)cc1. The lowest BCUT2D eigenvalue weighted by Gasteiger charge is -2.20. The Morgan fingerprint density at radius 3 is 2.25 bits per heavy atom. The molecule has 1 unspecified atom stereocenters. The van der Waals surface area contributed by atoms with Gasteiger partial charge in [0.2, 0.25) is 5.54 Å². The maximum Gasteiger partial charge on any atom is 0.416 e. The van der Waals surface area contributed by atoms with Crippen molar-refractivity contribution in [1.29, 1.82) is 5.26 Å². The van der Waals surface area contributed by atoms with Gasteiger partial charge >= 0.3 is 6.18 Å². The summed E-state index contributed by atoms with van der Waals surface area (Å²) in [4.78, 5) is 1.83. The summed E-state index contributed by atoms with van der Waals surface area (Å²) in [5, 5.41) is 19.8. The number of benzene rings is 2. The molecule has 0 saturated heterocycles. The van der Waals surface area contributed by atoms with Gasteiger partial charge in [0.15, 0.2) is 0 Å². The minimum absolute atomic E-state index is 0.134. The van der Waals surface area contributed by atoms with E-state index in [2.05, 4.69) is 15.3 Å². The lowest BCUT2D eigenvalue weighted by molar-refractivity contribution is -0.137. The molecule has 1 N–H and O–H groups in total. The molecule has 3 rings (SSSR count). The highest BCUT2D eigenvalue weighted by Crippen LogP contribution is 2.38. The summed E-state index contributed by atoms with van der Waals surface area (Å²) in [5.41, 5.74) is -3.04. The highest BCUT2D eigenvalue weighted by Gasteiger charge is 2.41. The van der Waals surface area contributed by atoms with Crippen LogP contribution >= 0.6 is 23.2 Å². The molecule has 2 aromatic rings. The van der Waals surface area contributed by atoms with Crippen LogP contribution in [0.1, 0.15) is 16.7 Å². The summed E-state index contributed by atoms with van der Waals surface area (Å²) in [7, 11) is -4.21. The van der Waals surface area contributed by atoms with E-state index in [1.165, 1.54) is 18.2 Å². The van der Waals surface area contributed by atoms with Gasteiger partial charge in [-0.1, -0.05) is 40.9 Å². The van der Waals surface area contributed by atoms with Crippen molar-refractivity contribution in [3.63, 3.8) is 0 Å². The first-order chi connectivity index (χ1) is 14.9. The average molecular weight is 502 g/mol. The largest absolute Gasteiger partial charge is 0.416 e. The second-order valence-corrected chi connectivity index (χ2v) is 9.07. The van der Waals surface area contributed by atoms with Crippen molar-refractivity contribution in [2.75, 3.05) is 0 Å². The molecule has 1 aliphatic rings. The van der Waals surface area contributed by atoms with E-state index in [9.17, 15) is 26.9 Å². The van der Waals surface area contributed by atoms with Gasteiger partial charge < -0.3 is 0 Å². The van der Waals surface area contributed by atoms with Crippen LogP contribution in [0.5, 0.6) is 0 Å². The zero-order chi connectivity index (χ0) is 23.7. The number of sulfonamides is 1. The molecular formula is C19H12Cl2F3N5O2S. The average Bonchev–Trinajstić information content (AvgIpc) is 3.19. The summed E-state index contributed by atoms with van der Waals surface area (Å²) < 4.78 is 64.6. The lowest BCUT2D eigenvalue weighted by atomic mass is 9.90. The van der Waals surface area contributed by atoms with Gasteiger partial charge in [0.25, 0.3) is 10.0 Å². The molecule has 0 saturated carbocycles. The zero-order valence-corrected chi connectivity index (χ0v) is 18.4. The predicted molar refractivity (Wildman–Crippen MR) is 112 cm³/mol. The summed E-state index contributed by atoms with van der Waals surface area (Å²) >= 11 is 12.1. The van der Waals surface area contributed by atoms with Gasteiger partial charge in [0.1, 0.15) is 11.8 Å². The third-order valence-corrected chi connectivity index (χ3v) is 6.17. The third kappa shape index (κ3) is 4.62. The van der Waals surface area contributed by atoms with Crippen molar-refractivity contribution in [2.24, 2.45) is 15.3 Å². The fourth-order valence-electron chi connectivity index (χ4n) is 2.71. The van der Waals surface area contributed by atoms with E-state index in [0.29, 0.717) is 12.1 Å². The monoisotopic (exact) mass is 501 g/mol. The number of nitriles is 1. The first-order valence-corrected chi connectivity index (χ1v) is 10.9. The molecule has 2 aromatic carbocycles. The van der Waals surface area contributed by atoms with Crippen molar-refractivity contribution in [3.05, 3.63) is 75.4 Å². The highest BCUT2D eigenvalue weighted by atomic mass is 35.5. The molecule has 0 amide bonds. The number of rotatable bonds is 5. The standard InChI is InChI=1S/C19H12Cl2F3N5O2S/c1-11-2-4-13(5-3-11)32(30,31)29-27-17(18(10-25)6-7-26-28-18)16-14(20)8-12(9-15(16)21)19(22,23)24/h2-9,29H,1H3. The number of azo groups is 1. The van der Waals surface area contributed by atoms with E-state index < -0.39 is 43.1 Å². The Morgan fingerprint density at radius 2 is 1.78 bits per heavy atom. The fraction of sp³-hybridized carbons (Fsp3) is 0.158. The number of halogens is 5. The summed E-state index contributed by atoms with van der Waals surface area (Å²) in [5.74, 6) is 0. The fourth-order valence-corrected chi connectivity index (χ4v) is 4.19. The van der Waals surface area contributed by atoms with Crippen molar-refractivity contribution in [3.8, 4) is 6.07 Å². The van der Waals surface area contributed by atoms with E-state index in [1.54, 1.807) is 25.1 Å². The van der Waals surface area contributed by atoms with Crippen molar-refractivity contribution in [1.82, 2.24) is 4.83 Å². The Hall–Kier alpha value is -2.94. The van der Waals surface area contributed by atoms with E-state index >= 15 is 0 Å². The minimum Gasteiger partial charge on any atom is -0.200 e. The quantitative estimate of drug-likeness (QED) is 0.446. The zero-order valence-electron chi connectivity index (χ0n) is 16.0. The molecule has 1 aliphatic heterocycles. The number of aryl methyl sites for hydroxylation is 1. The molecule has 0 fully saturated rings. The third-order valence-electron chi connectivity index (χ3n) is 4.34. The van der Waals surface area contributed by atoms with Crippen LogP contribution < -0.4 is 4.83 Å². The van der Waals surface area contributed by atoms with Crippen LogP contribution in [0, 0.1) is 18.3 Å². The van der Waals surface area contributed by atoms with Gasteiger partial charge in [0, 0.05) is 11.8 Å². The molecule has 0 bridgehead atoms. The topological polar surface area (TPSA) is 107 Å². The van der Waals surface area contributed by atoms with Crippen molar-refractivity contribution < 1.29 is 21.6 Å². The second kappa shape index (κ2) is 8.54. The van der Waals surface area contributed by atoms with Crippen LogP contribution in [-0.4, -0.2) is 19.7 Å². The number of hydrazone groups is 1. The van der Waals surface area contributed by atoms with Crippen LogP contribution in [0.3, 0.4) is 0 Å². The van der Waals surface area contributed by atoms with E-state index in [-0.39, 0.29) is 10.5 Å². The molecule has 13 heteroatoms. The molecule has 1 heterocycles. The van der Waals surface area contributed by atoms with Crippen molar-refractivity contribution >= 4 is 38.9 Å². The molecule has 0 spiro atoms. The molecule has 166 valence electrons. The van der Waals surface area contributed by atoms with Gasteiger partial charge in [-0.15, -0.1) is 0 Å². The van der Waals surface area contributed by atoms with E-state index in [4.69, 9.17) is 23.2 Å². The van der Waals surface area contributed by atoms with E-state index in [0.717, 1.165) is 11.8 Å². The number of hydrogen-bond donors (Lipinski definition) is 1. The number of nitrogens with zero attached hydrogens (tertiary/aromatic N) is 4. The van der Waals surface area contributed by atoms with Crippen molar-refractivity contribution in [2.45, 2.75) is 23.5 Å². The normalized spacial score (nSPS) is 18.6. The van der Waals surface area contributed by atoms with Gasteiger partial charge in [0.05, 0.1) is 20.5 Å². The maximum atomic E-state index is 13.1. The van der Waals surface area contributed by atoms with Crippen LogP contribution in [0.4, 0.5) is 13.2 Å². The molecular weight excluding hydrogens is 490 g/mol. The molecule has 0 aliphatic carbocycles. The molecule has 7 nitrogen and oxygen atoms in total. The lowest BCUT2D eigenvalue weighted by Crippen LogP contribution is -2.35.